The van der Waals surface area contributed by atoms with Crippen molar-refractivity contribution in [1.29, 1.82) is 0 Å². The fourth-order valence-electron chi connectivity index (χ4n) is 1.63. The van der Waals surface area contributed by atoms with E-state index in [-0.39, 0.29) is 17.1 Å². The first-order valence-electron chi connectivity index (χ1n) is 5.57. The highest BCUT2D eigenvalue weighted by Crippen LogP contribution is 2.24. The monoisotopic (exact) mass is 321 g/mol. The second-order valence-corrected chi connectivity index (χ2v) is 4.97. The van der Waals surface area contributed by atoms with Gasteiger partial charge in [-0.2, -0.15) is 0 Å². The summed E-state index contributed by atoms with van der Waals surface area (Å²) >= 11 is 3.38. The number of carbonyl (C=O) groups excluding carboxylic acids is 1. The van der Waals surface area contributed by atoms with Gasteiger partial charge >= 0.3 is 0 Å². The van der Waals surface area contributed by atoms with E-state index in [4.69, 9.17) is 0 Å². The van der Waals surface area contributed by atoms with Crippen molar-refractivity contribution in [3.05, 3.63) is 52.0 Å². The number of anilines is 1. The SMILES string of the molecule is Cc1cc(NC(=O)c2ccc(O)cc2O)ccc1Br. The lowest BCUT2D eigenvalue weighted by atomic mass is 10.1. The topological polar surface area (TPSA) is 69.6 Å². The summed E-state index contributed by atoms with van der Waals surface area (Å²) in [6, 6.07) is 9.25. The number of amides is 1. The van der Waals surface area contributed by atoms with Crippen LogP contribution in [-0.4, -0.2) is 16.1 Å². The van der Waals surface area contributed by atoms with Crippen LogP contribution in [0, 0.1) is 6.92 Å². The highest BCUT2D eigenvalue weighted by molar-refractivity contribution is 9.10. The number of phenols is 2. The molecule has 19 heavy (non-hydrogen) atoms. The smallest absolute Gasteiger partial charge is 0.259 e. The lowest BCUT2D eigenvalue weighted by Crippen LogP contribution is -2.12. The fourth-order valence-corrected chi connectivity index (χ4v) is 1.88. The summed E-state index contributed by atoms with van der Waals surface area (Å²) in [6.07, 6.45) is 0. The van der Waals surface area contributed by atoms with Crippen LogP contribution >= 0.6 is 15.9 Å². The van der Waals surface area contributed by atoms with Gasteiger partial charge in [-0.15, -0.1) is 0 Å². The predicted octanol–water partition coefficient (Wildman–Crippen LogP) is 3.42. The van der Waals surface area contributed by atoms with Crippen LogP contribution in [0.25, 0.3) is 0 Å². The number of nitrogens with one attached hydrogen (secondary N) is 1. The number of rotatable bonds is 2. The van der Waals surface area contributed by atoms with Crippen LogP contribution in [-0.2, 0) is 0 Å². The molecule has 0 saturated heterocycles. The van der Waals surface area contributed by atoms with Crippen LogP contribution in [0.2, 0.25) is 0 Å². The third kappa shape index (κ3) is 3.06. The predicted molar refractivity (Wildman–Crippen MR) is 76.6 cm³/mol. The Bertz CT molecular complexity index is 641. The van der Waals surface area contributed by atoms with Gasteiger partial charge in [0.1, 0.15) is 11.5 Å². The molecule has 0 bridgehead atoms. The first-order chi connectivity index (χ1) is 8.97. The van der Waals surface area contributed by atoms with E-state index >= 15 is 0 Å². The molecule has 0 fully saturated rings. The van der Waals surface area contributed by atoms with Crippen LogP contribution in [0.3, 0.4) is 0 Å². The molecule has 0 unspecified atom stereocenters. The van der Waals surface area contributed by atoms with Crippen molar-refractivity contribution < 1.29 is 15.0 Å². The van der Waals surface area contributed by atoms with Crippen LogP contribution in [0.4, 0.5) is 5.69 Å². The fraction of sp³-hybridized carbons (Fsp3) is 0.0714. The summed E-state index contributed by atoms with van der Waals surface area (Å²) in [7, 11) is 0. The molecular weight excluding hydrogens is 310 g/mol. The van der Waals surface area contributed by atoms with Crippen molar-refractivity contribution in [1.82, 2.24) is 0 Å². The number of carbonyl (C=O) groups is 1. The van der Waals surface area contributed by atoms with Crippen molar-refractivity contribution >= 4 is 27.5 Å². The Balaban J connectivity index is 2.23. The van der Waals surface area contributed by atoms with Gasteiger partial charge in [0, 0.05) is 16.2 Å². The zero-order valence-corrected chi connectivity index (χ0v) is 11.7. The molecule has 0 aliphatic carbocycles. The number of aryl methyl sites for hydroxylation is 1. The lowest BCUT2D eigenvalue weighted by Gasteiger charge is -2.08. The maximum atomic E-state index is 12.0. The zero-order chi connectivity index (χ0) is 14.0. The van der Waals surface area contributed by atoms with Crippen molar-refractivity contribution in [2.45, 2.75) is 6.92 Å². The molecule has 0 heterocycles. The summed E-state index contributed by atoms with van der Waals surface area (Å²) in [4.78, 5) is 12.0. The minimum absolute atomic E-state index is 0.0893. The molecule has 0 atom stereocenters. The van der Waals surface area contributed by atoms with Crippen molar-refractivity contribution in [2.24, 2.45) is 0 Å². The molecule has 0 spiro atoms. The second-order valence-electron chi connectivity index (χ2n) is 4.12. The van der Waals surface area contributed by atoms with Crippen LogP contribution in [0.1, 0.15) is 15.9 Å². The van der Waals surface area contributed by atoms with Crippen molar-refractivity contribution in [3.63, 3.8) is 0 Å². The van der Waals surface area contributed by atoms with Crippen LogP contribution in [0.15, 0.2) is 40.9 Å². The molecule has 3 N–H and O–H groups in total. The molecular formula is C14H12BrNO3. The normalized spacial score (nSPS) is 10.2. The maximum absolute atomic E-state index is 12.0. The van der Waals surface area contributed by atoms with Gasteiger partial charge in [0.25, 0.3) is 5.91 Å². The quantitative estimate of drug-likeness (QED) is 0.793. The van der Waals surface area contributed by atoms with Crippen molar-refractivity contribution in [3.8, 4) is 11.5 Å². The van der Waals surface area contributed by atoms with E-state index in [1.165, 1.54) is 12.1 Å². The molecule has 1 amide bonds. The Labute approximate surface area is 118 Å². The summed E-state index contributed by atoms with van der Waals surface area (Å²) in [5, 5.41) is 21.5. The van der Waals surface area contributed by atoms with Gasteiger partial charge in [0.2, 0.25) is 0 Å². The molecule has 0 radical (unpaired) electrons. The van der Waals surface area contributed by atoms with E-state index in [0.717, 1.165) is 16.1 Å². The first-order valence-corrected chi connectivity index (χ1v) is 6.36. The van der Waals surface area contributed by atoms with Crippen molar-refractivity contribution in [2.75, 3.05) is 5.32 Å². The largest absolute Gasteiger partial charge is 0.508 e. The molecule has 0 aromatic heterocycles. The van der Waals surface area contributed by atoms with Gasteiger partial charge in [0.15, 0.2) is 0 Å². The van der Waals surface area contributed by atoms with E-state index in [1.54, 1.807) is 6.07 Å². The van der Waals surface area contributed by atoms with Gasteiger partial charge in [-0.25, -0.2) is 0 Å². The van der Waals surface area contributed by atoms with E-state index in [9.17, 15) is 15.0 Å². The average Bonchev–Trinajstić information content (AvgIpc) is 2.33. The molecule has 2 aromatic rings. The Kier molecular flexibility index (Phi) is 3.76. The standard InChI is InChI=1S/C14H12BrNO3/c1-8-6-9(2-5-12(8)15)16-14(19)11-4-3-10(17)7-13(11)18/h2-7,17-18H,1H3,(H,16,19). The highest BCUT2D eigenvalue weighted by atomic mass is 79.9. The van der Waals surface area contributed by atoms with E-state index in [0.29, 0.717) is 5.69 Å². The average molecular weight is 322 g/mol. The molecule has 2 rings (SSSR count). The van der Waals surface area contributed by atoms with E-state index in [1.807, 2.05) is 19.1 Å². The van der Waals surface area contributed by atoms with Gasteiger partial charge in [-0.05, 0) is 42.8 Å². The Morgan fingerprint density at radius 3 is 2.53 bits per heavy atom. The number of halogens is 1. The third-order valence-corrected chi connectivity index (χ3v) is 3.53. The minimum Gasteiger partial charge on any atom is -0.508 e. The van der Waals surface area contributed by atoms with Gasteiger partial charge in [0.05, 0.1) is 5.56 Å². The minimum atomic E-state index is -0.431. The van der Waals surface area contributed by atoms with E-state index in [2.05, 4.69) is 21.2 Å². The maximum Gasteiger partial charge on any atom is 0.259 e. The molecule has 4 nitrogen and oxygen atoms in total. The van der Waals surface area contributed by atoms with E-state index < -0.39 is 5.91 Å². The summed E-state index contributed by atoms with van der Waals surface area (Å²) in [6.45, 7) is 1.91. The van der Waals surface area contributed by atoms with Gasteiger partial charge in [-0.3, -0.25) is 4.79 Å². The highest BCUT2D eigenvalue weighted by Gasteiger charge is 2.12. The molecule has 5 heteroatoms. The number of phenolic OH excluding ortho intramolecular Hbond substituents is 2. The van der Waals surface area contributed by atoms with Gasteiger partial charge in [-0.1, -0.05) is 15.9 Å². The Hall–Kier alpha value is -2.01. The summed E-state index contributed by atoms with van der Waals surface area (Å²) in [5.41, 5.74) is 1.74. The Morgan fingerprint density at radius 1 is 1.16 bits per heavy atom. The number of benzene rings is 2. The second kappa shape index (κ2) is 5.32. The molecule has 0 saturated carbocycles. The third-order valence-electron chi connectivity index (χ3n) is 2.64. The zero-order valence-electron chi connectivity index (χ0n) is 10.1. The Morgan fingerprint density at radius 2 is 1.89 bits per heavy atom. The summed E-state index contributed by atoms with van der Waals surface area (Å²) < 4.78 is 0.956. The summed E-state index contributed by atoms with van der Waals surface area (Å²) in [5.74, 6) is -0.779. The lowest BCUT2D eigenvalue weighted by molar-refractivity contribution is 0.102. The first kappa shape index (κ1) is 13.4. The van der Waals surface area contributed by atoms with Crippen LogP contribution < -0.4 is 5.32 Å². The number of hydrogen-bond acceptors (Lipinski definition) is 3. The molecule has 0 aliphatic heterocycles. The molecule has 0 aliphatic rings. The number of hydrogen-bond donors (Lipinski definition) is 3. The molecule has 2 aromatic carbocycles. The molecule has 98 valence electrons. The van der Waals surface area contributed by atoms with Crippen LogP contribution in [0.5, 0.6) is 11.5 Å². The van der Waals surface area contributed by atoms with Gasteiger partial charge < -0.3 is 15.5 Å². The number of aromatic hydroxyl groups is 2.